The SMILES string of the molecule is COc1ccc(C2=NN(C(=O)CSc3nnc(CNC(=O)c4ccc(OC)c(OC)c4)n3C)[C@H](c3cccc(OC)c3OC)C2)cc1. The van der Waals surface area contributed by atoms with E-state index in [-0.39, 0.29) is 24.1 Å². The number of nitrogens with one attached hydrogen (secondary N) is 1. The van der Waals surface area contributed by atoms with Crippen LogP contribution in [0.2, 0.25) is 0 Å². The maximum atomic E-state index is 13.8. The quantitative estimate of drug-likeness (QED) is 0.207. The van der Waals surface area contributed by atoms with Crippen LogP contribution in [0.1, 0.15) is 39.8 Å². The van der Waals surface area contributed by atoms with E-state index in [0.29, 0.717) is 46.0 Å². The molecule has 4 aromatic rings. The molecule has 1 aliphatic rings. The summed E-state index contributed by atoms with van der Waals surface area (Å²) in [6.07, 6.45) is 0.472. The second kappa shape index (κ2) is 14.9. The summed E-state index contributed by atoms with van der Waals surface area (Å²) in [7, 11) is 9.58. The number of carbonyl (C=O) groups excluding carboxylic acids is 2. The number of amides is 2. The van der Waals surface area contributed by atoms with Gasteiger partial charge in [0.25, 0.3) is 11.8 Å². The smallest absolute Gasteiger partial charge is 0.253 e. The van der Waals surface area contributed by atoms with Crippen LogP contribution in [-0.4, -0.2) is 78.6 Å². The summed E-state index contributed by atoms with van der Waals surface area (Å²) < 4.78 is 28.8. The molecular weight excluding hydrogens is 624 g/mol. The largest absolute Gasteiger partial charge is 0.497 e. The van der Waals surface area contributed by atoms with E-state index in [0.717, 1.165) is 22.6 Å². The van der Waals surface area contributed by atoms with Crippen LogP contribution in [0.3, 0.4) is 0 Å². The van der Waals surface area contributed by atoms with E-state index >= 15 is 0 Å². The second-order valence-electron chi connectivity index (χ2n) is 10.3. The average molecular weight is 661 g/mol. The molecule has 0 saturated heterocycles. The Labute approximate surface area is 276 Å². The van der Waals surface area contributed by atoms with E-state index in [9.17, 15) is 9.59 Å². The van der Waals surface area contributed by atoms with Gasteiger partial charge in [0.2, 0.25) is 0 Å². The van der Waals surface area contributed by atoms with Crippen molar-refractivity contribution in [1.82, 2.24) is 25.1 Å². The second-order valence-corrected chi connectivity index (χ2v) is 11.3. The first kappa shape index (κ1) is 33.1. The van der Waals surface area contributed by atoms with Crippen LogP contribution in [0, 0.1) is 0 Å². The lowest BCUT2D eigenvalue weighted by Crippen LogP contribution is -2.29. The van der Waals surface area contributed by atoms with Gasteiger partial charge in [0.15, 0.2) is 34.0 Å². The van der Waals surface area contributed by atoms with E-state index < -0.39 is 6.04 Å². The number of hydrogen-bond donors (Lipinski definition) is 1. The summed E-state index contributed by atoms with van der Waals surface area (Å²) in [6.45, 7) is 0.129. The number of thioether (sulfide) groups is 1. The minimum atomic E-state index is -0.424. The van der Waals surface area contributed by atoms with E-state index in [1.165, 1.54) is 31.0 Å². The number of para-hydroxylation sites is 1. The van der Waals surface area contributed by atoms with Crippen molar-refractivity contribution in [1.29, 1.82) is 0 Å². The lowest BCUT2D eigenvalue weighted by Gasteiger charge is -2.24. The molecule has 14 heteroatoms. The Kier molecular flexibility index (Phi) is 10.5. The number of carbonyl (C=O) groups is 2. The first-order valence-corrected chi connectivity index (χ1v) is 15.6. The Morgan fingerprint density at radius 2 is 1.62 bits per heavy atom. The molecule has 1 aromatic heterocycles. The van der Waals surface area contributed by atoms with Gasteiger partial charge in [0.1, 0.15) is 5.75 Å². The van der Waals surface area contributed by atoms with Crippen molar-refractivity contribution in [3.63, 3.8) is 0 Å². The van der Waals surface area contributed by atoms with Gasteiger partial charge in [-0.2, -0.15) is 5.10 Å². The van der Waals surface area contributed by atoms with Crippen molar-refractivity contribution in [3.8, 4) is 28.7 Å². The average Bonchev–Trinajstić information content (AvgIpc) is 3.72. The number of hydrazone groups is 1. The molecular formula is C33H36N6O7S. The van der Waals surface area contributed by atoms with Gasteiger partial charge in [-0.1, -0.05) is 23.9 Å². The highest BCUT2D eigenvalue weighted by Gasteiger charge is 2.35. The Morgan fingerprint density at radius 3 is 2.30 bits per heavy atom. The molecule has 0 bridgehead atoms. The van der Waals surface area contributed by atoms with Crippen molar-refractivity contribution < 1.29 is 33.3 Å². The van der Waals surface area contributed by atoms with Crippen LogP contribution >= 0.6 is 11.8 Å². The topological polar surface area (TPSA) is 139 Å². The molecule has 246 valence electrons. The third-order valence-electron chi connectivity index (χ3n) is 7.68. The molecule has 1 N–H and O–H groups in total. The number of methoxy groups -OCH3 is 5. The number of nitrogens with zero attached hydrogens (tertiary/aromatic N) is 5. The highest BCUT2D eigenvalue weighted by atomic mass is 32.2. The van der Waals surface area contributed by atoms with Gasteiger partial charge in [-0.15, -0.1) is 10.2 Å². The summed E-state index contributed by atoms with van der Waals surface area (Å²) in [4.78, 5) is 26.6. The zero-order chi connectivity index (χ0) is 33.5. The van der Waals surface area contributed by atoms with Gasteiger partial charge < -0.3 is 33.6 Å². The normalized spacial score (nSPS) is 14.0. The number of ether oxygens (including phenoxy) is 5. The molecule has 2 heterocycles. The van der Waals surface area contributed by atoms with Crippen LogP contribution in [0.4, 0.5) is 0 Å². The molecule has 0 saturated carbocycles. The van der Waals surface area contributed by atoms with E-state index in [2.05, 4.69) is 15.5 Å². The van der Waals surface area contributed by atoms with Crippen molar-refractivity contribution in [2.75, 3.05) is 41.3 Å². The van der Waals surface area contributed by atoms with E-state index in [1.807, 2.05) is 42.5 Å². The first-order chi connectivity index (χ1) is 22.8. The molecule has 0 radical (unpaired) electrons. The third-order valence-corrected chi connectivity index (χ3v) is 8.69. The molecule has 5 rings (SSSR count). The predicted molar refractivity (Wildman–Crippen MR) is 176 cm³/mol. The molecule has 3 aromatic carbocycles. The first-order valence-electron chi connectivity index (χ1n) is 14.6. The molecule has 0 fully saturated rings. The Bertz CT molecular complexity index is 1780. The van der Waals surface area contributed by atoms with Gasteiger partial charge in [-0.25, -0.2) is 5.01 Å². The maximum absolute atomic E-state index is 13.8. The fourth-order valence-corrected chi connectivity index (χ4v) is 5.95. The minimum absolute atomic E-state index is 0.0478. The Hall–Kier alpha value is -5.24. The number of aromatic nitrogens is 3. The van der Waals surface area contributed by atoms with Crippen molar-refractivity contribution >= 4 is 29.3 Å². The molecule has 2 amide bonds. The van der Waals surface area contributed by atoms with Crippen molar-refractivity contribution in [2.45, 2.75) is 24.2 Å². The summed E-state index contributed by atoms with van der Waals surface area (Å²) >= 11 is 1.23. The lowest BCUT2D eigenvalue weighted by molar-refractivity contribution is -0.130. The van der Waals surface area contributed by atoms with Gasteiger partial charge in [0.05, 0.1) is 59.6 Å². The summed E-state index contributed by atoms with van der Waals surface area (Å²) in [5.74, 6) is 2.86. The third kappa shape index (κ3) is 7.12. The highest BCUT2D eigenvalue weighted by Crippen LogP contribution is 2.42. The standard InChI is InChI=1S/C33H36N6O7S/c1-38-29(18-34-32(41)21-12-15-26(43-3)28(16-21)45-5)35-36-33(38)47-19-30(40)39-25(23-8-7-9-27(44-4)31(23)46-6)17-24(37-39)20-10-13-22(42-2)14-11-20/h7-16,25H,17-19H2,1-6H3,(H,34,41)/t25-/m0/s1. The van der Waals surface area contributed by atoms with Crippen LogP contribution in [0.25, 0.3) is 0 Å². The molecule has 0 spiro atoms. The Balaban J connectivity index is 1.30. The van der Waals surface area contributed by atoms with Gasteiger partial charge >= 0.3 is 0 Å². The van der Waals surface area contributed by atoms with Crippen LogP contribution in [0.5, 0.6) is 28.7 Å². The van der Waals surface area contributed by atoms with Crippen LogP contribution in [0.15, 0.2) is 70.9 Å². The van der Waals surface area contributed by atoms with Crippen LogP contribution < -0.4 is 29.0 Å². The maximum Gasteiger partial charge on any atom is 0.253 e. The van der Waals surface area contributed by atoms with Crippen molar-refractivity contribution in [3.05, 3.63) is 83.2 Å². The molecule has 1 atom stereocenters. The highest BCUT2D eigenvalue weighted by molar-refractivity contribution is 7.99. The summed E-state index contributed by atoms with van der Waals surface area (Å²) in [5, 5.41) is 18.1. The molecule has 47 heavy (non-hydrogen) atoms. The van der Waals surface area contributed by atoms with Crippen LogP contribution in [-0.2, 0) is 18.4 Å². The number of rotatable bonds is 13. The fourth-order valence-electron chi connectivity index (χ4n) is 5.17. The monoisotopic (exact) mass is 660 g/mol. The summed E-state index contributed by atoms with van der Waals surface area (Å²) in [6, 6.07) is 17.7. The van der Waals surface area contributed by atoms with Gasteiger partial charge in [-0.3, -0.25) is 9.59 Å². The molecule has 0 aliphatic carbocycles. The predicted octanol–water partition coefficient (Wildman–Crippen LogP) is 4.26. The molecule has 13 nitrogen and oxygen atoms in total. The lowest BCUT2D eigenvalue weighted by atomic mass is 9.97. The number of benzene rings is 3. The van der Waals surface area contributed by atoms with Gasteiger partial charge in [-0.05, 0) is 54.1 Å². The number of hydrogen-bond acceptors (Lipinski definition) is 11. The van der Waals surface area contributed by atoms with Crippen molar-refractivity contribution in [2.24, 2.45) is 12.1 Å². The van der Waals surface area contributed by atoms with E-state index in [1.54, 1.807) is 51.1 Å². The molecule has 0 unspecified atom stereocenters. The minimum Gasteiger partial charge on any atom is -0.497 e. The summed E-state index contributed by atoms with van der Waals surface area (Å²) in [5.41, 5.74) is 2.83. The zero-order valence-electron chi connectivity index (χ0n) is 27.0. The van der Waals surface area contributed by atoms with E-state index in [4.69, 9.17) is 28.8 Å². The molecule has 1 aliphatic heterocycles. The van der Waals surface area contributed by atoms with Gasteiger partial charge in [0, 0.05) is 24.6 Å². The fraction of sp³-hybridized carbons (Fsp3) is 0.303. The Morgan fingerprint density at radius 1 is 0.872 bits per heavy atom. The zero-order valence-corrected chi connectivity index (χ0v) is 27.8.